The number of carbonyl (C=O) groups excluding carboxylic acids is 1. The molecular formula is C27H22N2O3. The molecule has 5 heteroatoms. The zero-order valence-corrected chi connectivity index (χ0v) is 18.1. The number of benzene rings is 4. The summed E-state index contributed by atoms with van der Waals surface area (Å²) in [6.07, 6.45) is 0. The van der Waals surface area contributed by atoms with Crippen molar-refractivity contribution < 1.29 is 13.9 Å². The van der Waals surface area contributed by atoms with Crippen molar-refractivity contribution in [3.05, 3.63) is 89.5 Å². The van der Waals surface area contributed by atoms with Crippen molar-refractivity contribution in [2.24, 2.45) is 0 Å². The van der Waals surface area contributed by atoms with Gasteiger partial charge in [-0.1, -0.05) is 30.3 Å². The SMILES string of the molecule is COc1cc2ccccc2cc1C(=O)Nc1cccc(-c2nc3cc(C)c(C)cc3o2)c1. The van der Waals surface area contributed by atoms with Crippen molar-refractivity contribution in [2.45, 2.75) is 13.8 Å². The number of carbonyl (C=O) groups is 1. The largest absolute Gasteiger partial charge is 0.496 e. The highest BCUT2D eigenvalue weighted by atomic mass is 16.5. The Morgan fingerprint density at radius 2 is 1.66 bits per heavy atom. The first-order chi connectivity index (χ1) is 15.5. The van der Waals surface area contributed by atoms with E-state index in [4.69, 9.17) is 9.15 Å². The van der Waals surface area contributed by atoms with E-state index >= 15 is 0 Å². The van der Waals surface area contributed by atoms with E-state index in [1.54, 1.807) is 7.11 Å². The molecule has 0 aliphatic carbocycles. The second kappa shape index (κ2) is 7.85. The van der Waals surface area contributed by atoms with Crippen LogP contribution in [0.4, 0.5) is 5.69 Å². The molecule has 32 heavy (non-hydrogen) atoms. The van der Waals surface area contributed by atoms with Gasteiger partial charge in [-0.2, -0.15) is 0 Å². The van der Waals surface area contributed by atoms with Crippen LogP contribution in [0, 0.1) is 13.8 Å². The summed E-state index contributed by atoms with van der Waals surface area (Å²) in [6, 6.07) is 23.1. The van der Waals surface area contributed by atoms with Crippen LogP contribution in [0.1, 0.15) is 21.5 Å². The second-order valence-electron chi connectivity index (χ2n) is 7.86. The number of anilines is 1. The summed E-state index contributed by atoms with van der Waals surface area (Å²) < 4.78 is 11.4. The molecule has 0 saturated carbocycles. The summed E-state index contributed by atoms with van der Waals surface area (Å²) in [5.74, 6) is 0.806. The number of nitrogens with zero attached hydrogens (tertiary/aromatic N) is 1. The summed E-state index contributed by atoms with van der Waals surface area (Å²) in [4.78, 5) is 17.7. The van der Waals surface area contributed by atoms with Gasteiger partial charge in [-0.25, -0.2) is 4.98 Å². The molecule has 0 saturated heterocycles. The maximum atomic E-state index is 13.1. The Labute approximate surface area is 185 Å². The van der Waals surface area contributed by atoms with E-state index in [1.807, 2.05) is 79.7 Å². The monoisotopic (exact) mass is 422 g/mol. The molecule has 5 aromatic rings. The van der Waals surface area contributed by atoms with Crippen molar-refractivity contribution in [2.75, 3.05) is 12.4 Å². The Bertz CT molecular complexity index is 1440. The van der Waals surface area contributed by atoms with Gasteiger partial charge in [-0.3, -0.25) is 4.79 Å². The van der Waals surface area contributed by atoms with E-state index < -0.39 is 0 Å². The predicted molar refractivity (Wildman–Crippen MR) is 127 cm³/mol. The summed E-state index contributed by atoms with van der Waals surface area (Å²) in [7, 11) is 1.57. The fraction of sp³-hybridized carbons (Fsp3) is 0.111. The number of hydrogen-bond acceptors (Lipinski definition) is 4. The van der Waals surface area contributed by atoms with Crippen LogP contribution in [0.5, 0.6) is 5.75 Å². The number of aryl methyl sites for hydroxylation is 2. The van der Waals surface area contributed by atoms with Gasteiger partial charge in [0, 0.05) is 11.3 Å². The zero-order chi connectivity index (χ0) is 22.2. The lowest BCUT2D eigenvalue weighted by atomic mass is 10.1. The van der Waals surface area contributed by atoms with Gasteiger partial charge in [-0.15, -0.1) is 0 Å². The molecule has 0 spiro atoms. The molecule has 0 bridgehead atoms. The molecule has 0 unspecified atom stereocenters. The van der Waals surface area contributed by atoms with Crippen LogP contribution in [-0.4, -0.2) is 18.0 Å². The Morgan fingerprint density at radius 3 is 2.44 bits per heavy atom. The van der Waals surface area contributed by atoms with Crippen molar-refractivity contribution >= 4 is 33.5 Å². The lowest BCUT2D eigenvalue weighted by Gasteiger charge is -2.11. The number of hydrogen-bond donors (Lipinski definition) is 1. The average Bonchev–Trinajstić information content (AvgIpc) is 3.21. The van der Waals surface area contributed by atoms with E-state index in [2.05, 4.69) is 17.2 Å². The number of nitrogens with one attached hydrogen (secondary N) is 1. The third kappa shape index (κ3) is 3.58. The molecule has 1 amide bonds. The quantitative estimate of drug-likeness (QED) is 0.358. The number of rotatable bonds is 4. The van der Waals surface area contributed by atoms with Gasteiger partial charge in [0.25, 0.3) is 5.91 Å². The second-order valence-corrected chi connectivity index (χ2v) is 7.86. The molecule has 1 heterocycles. The number of oxazole rings is 1. The molecule has 0 aliphatic heterocycles. The van der Waals surface area contributed by atoms with Gasteiger partial charge in [0.15, 0.2) is 5.58 Å². The minimum atomic E-state index is -0.242. The van der Waals surface area contributed by atoms with Gasteiger partial charge in [0.1, 0.15) is 11.3 Å². The molecule has 1 aromatic heterocycles. The third-order valence-electron chi connectivity index (χ3n) is 5.68. The minimum Gasteiger partial charge on any atom is -0.496 e. The van der Waals surface area contributed by atoms with E-state index in [0.717, 1.165) is 33.0 Å². The number of fused-ring (bicyclic) bond motifs is 2. The van der Waals surface area contributed by atoms with Gasteiger partial charge in [0.05, 0.1) is 12.7 Å². The first-order valence-electron chi connectivity index (χ1n) is 10.4. The van der Waals surface area contributed by atoms with Crippen LogP contribution in [0.15, 0.2) is 77.2 Å². The Kier molecular flexibility index (Phi) is 4.86. The first-order valence-corrected chi connectivity index (χ1v) is 10.4. The Morgan fingerprint density at radius 1 is 0.906 bits per heavy atom. The van der Waals surface area contributed by atoms with Crippen LogP contribution in [0.3, 0.4) is 0 Å². The Hall–Kier alpha value is -4.12. The topological polar surface area (TPSA) is 64.4 Å². The molecule has 158 valence electrons. The first kappa shape index (κ1) is 19.8. The Balaban J connectivity index is 1.47. The third-order valence-corrected chi connectivity index (χ3v) is 5.68. The molecule has 0 atom stereocenters. The smallest absolute Gasteiger partial charge is 0.259 e. The van der Waals surface area contributed by atoms with Crippen molar-refractivity contribution in [1.82, 2.24) is 4.98 Å². The minimum absolute atomic E-state index is 0.242. The molecule has 4 aromatic carbocycles. The lowest BCUT2D eigenvalue weighted by molar-refractivity contribution is 0.102. The van der Waals surface area contributed by atoms with Crippen LogP contribution < -0.4 is 10.1 Å². The number of methoxy groups -OCH3 is 1. The highest BCUT2D eigenvalue weighted by Crippen LogP contribution is 2.29. The fourth-order valence-electron chi connectivity index (χ4n) is 3.80. The summed E-state index contributed by atoms with van der Waals surface area (Å²) in [6.45, 7) is 4.11. The van der Waals surface area contributed by atoms with E-state index in [1.165, 1.54) is 5.56 Å². The maximum Gasteiger partial charge on any atom is 0.259 e. The predicted octanol–water partition coefficient (Wildman–Crippen LogP) is 6.53. The van der Waals surface area contributed by atoms with E-state index in [0.29, 0.717) is 22.9 Å². The zero-order valence-electron chi connectivity index (χ0n) is 18.1. The summed E-state index contributed by atoms with van der Waals surface area (Å²) >= 11 is 0. The lowest BCUT2D eigenvalue weighted by Crippen LogP contribution is -2.13. The number of amides is 1. The molecule has 0 fully saturated rings. The van der Waals surface area contributed by atoms with Gasteiger partial charge < -0.3 is 14.5 Å². The molecule has 5 rings (SSSR count). The van der Waals surface area contributed by atoms with Crippen LogP contribution >= 0.6 is 0 Å². The normalized spacial score (nSPS) is 11.1. The van der Waals surface area contributed by atoms with Gasteiger partial charge in [0.2, 0.25) is 5.89 Å². The van der Waals surface area contributed by atoms with Crippen molar-refractivity contribution in [3.8, 4) is 17.2 Å². The number of aromatic nitrogens is 1. The van der Waals surface area contributed by atoms with Crippen LogP contribution in [0.2, 0.25) is 0 Å². The highest BCUT2D eigenvalue weighted by molar-refractivity contribution is 6.09. The average molecular weight is 422 g/mol. The highest BCUT2D eigenvalue weighted by Gasteiger charge is 2.15. The van der Waals surface area contributed by atoms with Crippen LogP contribution in [-0.2, 0) is 0 Å². The fourth-order valence-corrected chi connectivity index (χ4v) is 3.80. The van der Waals surface area contributed by atoms with E-state index in [9.17, 15) is 4.79 Å². The van der Waals surface area contributed by atoms with Crippen LogP contribution in [0.25, 0.3) is 33.3 Å². The van der Waals surface area contributed by atoms with Crippen molar-refractivity contribution in [1.29, 1.82) is 0 Å². The summed E-state index contributed by atoms with van der Waals surface area (Å²) in [5, 5.41) is 4.97. The molecule has 5 nitrogen and oxygen atoms in total. The molecule has 1 N–H and O–H groups in total. The molecule has 0 aliphatic rings. The molecular weight excluding hydrogens is 400 g/mol. The standard InChI is InChI=1S/C27H22N2O3/c1-16-11-23-25(12-17(16)2)32-27(29-23)20-9-6-10-21(13-20)28-26(30)22-14-18-7-4-5-8-19(18)15-24(22)31-3/h4-15H,1-3H3,(H,28,30). The summed E-state index contributed by atoms with van der Waals surface area (Å²) in [5.41, 5.74) is 5.81. The maximum absolute atomic E-state index is 13.1. The van der Waals surface area contributed by atoms with Crippen molar-refractivity contribution in [3.63, 3.8) is 0 Å². The van der Waals surface area contributed by atoms with Gasteiger partial charge >= 0.3 is 0 Å². The molecule has 0 radical (unpaired) electrons. The number of ether oxygens (including phenoxy) is 1. The van der Waals surface area contributed by atoms with E-state index in [-0.39, 0.29) is 5.91 Å². The van der Waals surface area contributed by atoms with Gasteiger partial charge in [-0.05, 0) is 78.2 Å².